The minimum atomic E-state index is -2.24. The summed E-state index contributed by atoms with van der Waals surface area (Å²) >= 11 is 0. The van der Waals surface area contributed by atoms with E-state index in [0.717, 1.165) is 19.1 Å². The van der Waals surface area contributed by atoms with Gasteiger partial charge in [0.15, 0.2) is 0 Å². The van der Waals surface area contributed by atoms with Crippen molar-refractivity contribution in [2.45, 2.75) is 26.3 Å². The first-order valence-corrected chi connectivity index (χ1v) is 5.92. The zero-order valence-corrected chi connectivity index (χ0v) is 8.85. The first-order valence-electron chi connectivity index (χ1n) is 3.99. The molecule has 0 aromatic carbocycles. The van der Waals surface area contributed by atoms with Crippen molar-refractivity contribution >= 4 is 8.80 Å². The van der Waals surface area contributed by atoms with E-state index in [9.17, 15) is 0 Å². The van der Waals surface area contributed by atoms with Crippen LogP contribution < -0.4 is 0 Å². The van der Waals surface area contributed by atoms with E-state index in [4.69, 9.17) is 13.3 Å². The second-order valence-electron chi connectivity index (χ2n) is 2.29. The largest absolute Gasteiger partial charge is 0.500 e. The van der Waals surface area contributed by atoms with Crippen LogP contribution in [0.5, 0.6) is 0 Å². The molecule has 0 aromatic heterocycles. The normalized spacial score (nSPS) is 12.0. The van der Waals surface area contributed by atoms with E-state index in [1.165, 1.54) is 0 Å². The zero-order valence-electron chi connectivity index (χ0n) is 7.85. The van der Waals surface area contributed by atoms with Gasteiger partial charge in [0.05, 0.1) is 0 Å². The van der Waals surface area contributed by atoms with Gasteiger partial charge in [0.1, 0.15) is 0 Å². The molecule has 0 heterocycles. The van der Waals surface area contributed by atoms with Gasteiger partial charge in [-0.25, -0.2) is 0 Å². The molecule has 0 unspecified atom stereocenters. The van der Waals surface area contributed by atoms with Crippen molar-refractivity contribution in [1.29, 1.82) is 0 Å². The summed E-state index contributed by atoms with van der Waals surface area (Å²) in [5.41, 5.74) is 0. The lowest BCUT2D eigenvalue weighted by Crippen LogP contribution is -2.43. The van der Waals surface area contributed by atoms with Gasteiger partial charge in [0.25, 0.3) is 0 Å². The van der Waals surface area contributed by atoms with Gasteiger partial charge in [-0.2, -0.15) is 0 Å². The lowest BCUT2D eigenvalue weighted by Gasteiger charge is -2.24. The highest BCUT2D eigenvalue weighted by Crippen LogP contribution is 2.12. The Morgan fingerprint density at radius 2 is 1.64 bits per heavy atom. The van der Waals surface area contributed by atoms with Crippen molar-refractivity contribution < 1.29 is 13.3 Å². The molecule has 0 fully saturated rings. The monoisotopic (exact) mass is 178 g/mol. The van der Waals surface area contributed by atoms with Gasteiger partial charge in [0, 0.05) is 26.9 Å². The zero-order chi connectivity index (χ0) is 8.74. The molecule has 0 amide bonds. The van der Waals surface area contributed by atoms with E-state index in [1.807, 2.05) is 6.92 Å². The van der Waals surface area contributed by atoms with Crippen molar-refractivity contribution in [3.05, 3.63) is 0 Å². The second kappa shape index (κ2) is 5.71. The van der Waals surface area contributed by atoms with Crippen LogP contribution in [0.4, 0.5) is 0 Å². The maximum atomic E-state index is 5.52. The number of hydrogen-bond donors (Lipinski definition) is 0. The average Bonchev–Trinajstić information content (AvgIpc) is 2.08. The van der Waals surface area contributed by atoms with Crippen molar-refractivity contribution in [1.82, 2.24) is 0 Å². The molecular weight excluding hydrogens is 160 g/mol. The quantitative estimate of drug-likeness (QED) is 0.579. The average molecular weight is 178 g/mol. The molecule has 0 aliphatic heterocycles. The highest BCUT2D eigenvalue weighted by Gasteiger charge is 2.36. The molecule has 4 heteroatoms. The summed E-state index contributed by atoms with van der Waals surface area (Å²) in [6.45, 7) is 4.82. The van der Waals surface area contributed by atoms with Crippen molar-refractivity contribution in [3.63, 3.8) is 0 Å². The molecule has 11 heavy (non-hydrogen) atoms. The van der Waals surface area contributed by atoms with Crippen LogP contribution in [0.1, 0.15) is 20.3 Å². The fourth-order valence-electron chi connectivity index (χ4n) is 0.849. The predicted molar refractivity (Wildman–Crippen MR) is 46.5 cm³/mol. The van der Waals surface area contributed by atoms with Gasteiger partial charge in [-0.05, 0) is 6.42 Å². The molecule has 3 nitrogen and oxygen atoms in total. The van der Waals surface area contributed by atoms with E-state index < -0.39 is 8.80 Å². The SMILES string of the molecule is CCCO[Si](CC)(OC)OC. The first kappa shape index (κ1) is 11.1. The van der Waals surface area contributed by atoms with E-state index in [-0.39, 0.29) is 0 Å². The molecule has 0 atom stereocenters. The summed E-state index contributed by atoms with van der Waals surface area (Å²) < 4.78 is 16.0. The van der Waals surface area contributed by atoms with Crippen LogP contribution in [0, 0.1) is 0 Å². The van der Waals surface area contributed by atoms with Crippen molar-refractivity contribution in [2.75, 3.05) is 20.8 Å². The first-order chi connectivity index (χ1) is 5.24. The van der Waals surface area contributed by atoms with E-state index in [2.05, 4.69) is 6.92 Å². The highest BCUT2D eigenvalue weighted by molar-refractivity contribution is 6.60. The molecular formula is C7H18O3Si. The third-order valence-corrected chi connectivity index (χ3v) is 4.34. The molecule has 0 bridgehead atoms. The Hall–Kier alpha value is 0.0969. The maximum Gasteiger partial charge on any atom is 0.500 e. The summed E-state index contributed by atoms with van der Waals surface area (Å²) in [7, 11) is 1.06. The fraction of sp³-hybridized carbons (Fsp3) is 1.00. The molecule has 0 aliphatic rings. The minimum absolute atomic E-state index is 0.724. The fourth-order valence-corrected chi connectivity index (χ4v) is 2.55. The summed E-state index contributed by atoms with van der Waals surface area (Å²) in [5, 5.41) is 0. The van der Waals surface area contributed by atoms with Crippen LogP contribution in [0.2, 0.25) is 6.04 Å². The van der Waals surface area contributed by atoms with Crippen LogP contribution >= 0.6 is 0 Å². The Labute approximate surface area is 70.0 Å². The standard InChI is InChI=1S/C7H18O3Si/c1-5-7-10-11(6-2,8-3)9-4/h5-7H2,1-4H3. The van der Waals surface area contributed by atoms with Crippen LogP contribution in [0.3, 0.4) is 0 Å². The Morgan fingerprint density at radius 3 is 1.91 bits per heavy atom. The van der Waals surface area contributed by atoms with Crippen molar-refractivity contribution in [2.24, 2.45) is 0 Å². The molecule has 0 saturated carbocycles. The van der Waals surface area contributed by atoms with Crippen LogP contribution in [-0.4, -0.2) is 29.6 Å². The molecule has 0 saturated heterocycles. The van der Waals surface area contributed by atoms with E-state index in [1.54, 1.807) is 14.2 Å². The van der Waals surface area contributed by atoms with Gasteiger partial charge < -0.3 is 13.3 Å². The summed E-state index contributed by atoms with van der Waals surface area (Å²) in [4.78, 5) is 0. The third kappa shape index (κ3) is 3.33. The third-order valence-electron chi connectivity index (χ3n) is 1.58. The second-order valence-corrected chi connectivity index (χ2v) is 5.47. The maximum absolute atomic E-state index is 5.52. The molecule has 0 radical (unpaired) electrons. The molecule has 0 aliphatic carbocycles. The molecule has 0 N–H and O–H groups in total. The summed E-state index contributed by atoms with van der Waals surface area (Å²) in [6.07, 6.45) is 1.00. The Kier molecular flexibility index (Phi) is 5.76. The minimum Gasteiger partial charge on any atom is -0.377 e. The van der Waals surface area contributed by atoms with Crippen LogP contribution in [0.15, 0.2) is 0 Å². The van der Waals surface area contributed by atoms with E-state index in [0.29, 0.717) is 0 Å². The highest BCUT2D eigenvalue weighted by atomic mass is 28.4. The summed E-state index contributed by atoms with van der Waals surface area (Å²) in [5.74, 6) is 0. The predicted octanol–water partition coefficient (Wildman–Crippen LogP) is 1.66. The van der Waals surface area contributed by atoms with Gasteiger partial charge in [-0.3, -0.25) is 0 Å². The lowest BCUT2D eigenvalue weighted by molar-refractivity contribution is 0.0997. The Bertz CT molecular complexity index is 85.4. The Balaban J connectivity index is 3.84. The smallest absolute Gasteiger partial charge is 0.377 e. The molecule has 0 rings (SSSR count). The topological polar surface area (TPSA) is 27.7 Å². The molecule has 0 spiro atoms. The van der Waals surface area contributed by atoms with Gasteiger partial charge >= 0.3 is 8.80 Å². The summed E-state index contributed by atoms with van der Waals surface area (Å²) in [6, 6.07) is 0.833. The number of hydrogen-bond acceptors (Lipinski definition) is 3. The van der Waals surface area contributed by atoms with E-state index >= 15 is 0 Å². The molecule has 0 aromatic rings. The molecule has 68 valence electrons. The van der Waals surface area contributed by atoms with Crippen LogP contribution in [-0.2, 0) is 13.3 Å². The van der Waals surface area contributed by atoms with Crippen molar-refractivity contribution in [3.8, 4) is 0 Å². The van der Waals surface area contributed by atoms with Gasteiger partial charge in [-0.15, -0.1) is 0 Å². The van der Waals surface area contributed by atoms with Gasteiger partial charge in [-0.1, -0.05) is 13.8 Å². The lowest BCUT2D eigenvalue weighted by atomic mass is 10.5. The van der Waals surface area contributed by atoms with Crippen LogP contribution in [0.25, 0.3) is 0 Å². The number of rotatable bonds is 6. The van der Waals surface area contributed by atoms with Gasteiger partial charge in [0.2, 0.25) is 0 Å². The Morgan fingerprint density at radius 1 is 1.09 bits per heavy atom.